The van der Waals surface area contributed by atoms with Crippen molar-refractivity contribution in [2.45, 2.75) is 25.8 Å². The topological polar surface area (TPSA) is 48.0 Å². The Hall–Kier alpha value is -1.09. The van der Waals surface area contributed by atoms with E-state index < -0.39 is 0 Å². The van der Waals surface area contributed by atoms with Crippen molar-refractivity contribution in [3.63, 3.8) is 0 Å². The molecule has 0 saturated heterocycles. The number of nitrogens with zero attached hydrogens (tertiary/aromatic N) is 1. The zero-order valence-electron chi connectivity index (χ0n) is 7.94. The lowest BCUT2D eigenvalue weighted by atomic mass is 10.1. The van der Waals surface area contributed by atoms with E-state index in [2.05, 4.69) is 6.92 Å². The number of hydrogen-bond acceptors (Lipinski definition) is 2. The third kappa shape index (κ3) is 2.42. The van der Waals surface area contributed by atoms with E-state index in [0.29, 0.717) is 6.54 Å². The zero-order valence-corrected chi connectivity index (χ0v) is 7.94. The minimum Gasteiger partial charge on any atom is -0.330 e. The van der Waals surface area contributed by atoms with E-state index >= 15 is 0 Å². The molecule has 1 aromatic heterocycles. The molecule has 0 aliphatic heterocycles. The molecule has 1 rings (SSSR count). The van der Waals surface area contributed by atoms with Gasteiger partial charge in [0.2, 0.25) is 0 Å². The van der Waals surface area contributed by atoms with Crippen molar-refractivity contribution < 1.29 is 0 Å². The normalized spacial score (nSPS) is 12.8. The van der Waals surface area contributed by atoms with Crippen LogP contribution in [0.5, 0.6) is 0 Å². The molecular weight excluding hydrogens is 164 g/mol. The molecule has 1 aromatic rings. The minimum atomic E-state index is 0.0581. The minimum absolute atomic E-state index is 0.0581. The predicted molar refractivity (Wildman–Crippen MR) is 53.7 cm³/mol. The van der Waals surface area contributed by atoms with E-state index in [1.54, 1.807) is 16.7 Å². The Morgan fingerprint density at radius 1 is 1.54 bits per heavy atom. The Morgan fingerprint density at radius 2 is 2.31 bits per heavy atom. The lowest BCUT2D eigenvalue weighted by Gasteiger charge is -2.16. The van der Waals surface area contributed by atoms with Crippen LogP contribution in [0.25, 0.3) is 0 Å². The molecule has 2 N–H and O–H groups in total. The smallest absolute Gasteiger partial charge is 0.250 e. The summed E-state index contributed by atoms with van der Waals surface area (Å²) in [7, 11) is 0. The quantitative estimate of drug-likeness (QED) is 0.755. The van der Waals surface area contributed by atoms with Crippen LogP contribution in [0, 0.1) is 0 Å². The summed E-state index contributed by atoms with van der Waals surface area (Å²) in [5.41, 5.74) is 5.54. The monoisotopic (exact) mass is 180 g/mol. The fourth-order valence-corrected chi connectivity index (χ4v) is 1.47. The van der Waals surface area contributed by atoms with E-state index in [0.717, 1.165) is 12.8 Å². The van der Waals surface area contributed by atoms with E-state index in [-0.39, 0.29) is 11.6 Å². The molecule has 0 spiro atoms. The maximum Gasteiger partial charge on any atom is 0.250 e. The van der Waals surface area contributed by atoms with E-state index in [4.69, 9.17) is 5.73 Å². The average Bonchev–Trinajstić information content (AvgIpc) is 2.16. The van der Waals surface area contributed by atoms with Gasteiger partial charge in [-0.25, -0.2) is 0 Å². The highest BCUT2D eigenvalue weighted by molar-refractivity contribution is 4.95. The summed E-state index contributed by atoms with van der Waals surface area (Å²) in [6.07, 6.45) is 3.63. The highest BCUT2D eigenvalue weighted by Gasteiger charge is 2.07. The average molecular weight is 180 g/mol. The van der Waals surface area contributed by atoms with Gasteiger partial charge >= 0.3 is 0 Å². The van der Waals surface area contributed by atoms with E-state index in [1.807, 2.05) is 12.3 Å². The van der Waals surface area contributed by atoms with Crippen molar-refractivity contribution in [3.05, 3.63) is 34.7 Å². The first kappa shape index (κ1) is 9.99. The summed E-state index contributed by atoms with van der Waals surface area (Å²) in [6, 6.07) is 5.46. The van der Waals surface area contributed by atoms with Crippen LogP contribution in [-0.4, -0.2) is 11.1 Å². The Labute approximate surface area is 78.2 Å². The largest absolute Gasteiger partial charge is 0.330 e. The second-order valence-electron chi connectivity index (χ2n) is 3.09. The molecule has 1 atom stereocenters. The van der Waals surface area contributed by atoms with Gasteiger partial charge in [-0.3, -0.25) is 4.79 Å². The maximum absolute atomic E-state index is 11.4. The van der Waals surface area contributed by atoms with Gasteiger partial charge in [0.25, 0.3) is 5.56 Å². The molecule has 72 valence electrons. The third-order valence-corrected chi connectivity index (χ3v) is 2.22. The van der Waals surface area contributed by atoms with Crippen molar-refractivity contribution in [1.82, 2.24) is 4.57 Å². The van der Waals surface area contributed by atoms with Gasteiger partial charge in [-0.05, 0) is 25.5 Å². The molecule has 3 heteroatoms. The molecule has 1 heterocycles. The summed E-state index contributed by atoms with van der Waals surface area (Å²) >= 11 is 0. The second-order valence-corrected chi connectivity index (χ2v) is 3.09. The van der Waals surface area contributed by atoms with Gasteiger partial charge in [-0.15, -0.1) is 0 Å². The van der Waals surface area contributed by atoms with Crippen LogP contribution in [0.1, 0.15) is 25.8 Å². The zero-order chi connectivity index (χ0) is 9.68. The maximum atomic E-state index is 11.4. The summed E-state index contributed by atoms with van der Waals surface area (Å²) < 4.78 is 1.76. The number of rotatable bonds is 4. The van der Waals surface area contributed by atoms with E-state index in [9.17, 15) is 4.79 Å². The predicted octanol–water partition coefficient (Wildman–Crippen LogP) is 1.15. The lowest BCUT2D eigenvalue weighted by molar-refractivity contribution is 0.446. The van der Waals surface area contributed by atoms with E-state index in [1.165, 1.54) is 0 Å². The summed E-state index contributed by atoms with van der Waals surface area (Å²) in [5, 5.41) is 0. The molecule has 0 bridgehead atoms. The van der Waals surface area contributed by atoms with Gasteiger partial charge in [-0.2, -0.15) is 0 Å². The molecule has 0 saturated carbocycles. The fourth-order valence-electron chi connectivity index (χ4n) is 1.47. The van der Waals surface area contributed by atoms with Crippen molar-refractivity contribution in [1.29, 1.82) is 0 Å². The number of hydrogen-bond donors (Lipinski definition) is 1. The number of pyridine rings is 1. The van der Waals surface area contributed by atoms with Gasteiger partial charge in [0.05, 0.1) is 0 Å². The van der Waals surface area contributed by atoms with Crippen LogP contribution >= 0.6 is 0 Å². The molecule has 13 heavy (non-hydrogen) atoms. The van der Waals surface area contributed by atoms with Gasteiger partial charge in [-0.1, -0.05) is 13.0 Å². The van der Waals surface area contributed by atoms with Crippen LogP contribution < -0.4 is 11.3 Å². The molecule has 3 nitrogen and oxygen atoms in total. The Morgan fingerprint density at radius 3 is 2.85 bits per heavy atom. The molecule has 0 aliphatic rings. The number of aromatic nitrogens is 1. The molecular formula is C10H16N2O. The molecule has 0 aromatic carbocycles. The molecule has 0 fully saturated rings. The molecule has 0 radical (unpaired) electrons. The Balaban J connectivity index is 2.91. The highest BCUT2D eigenvalue weighted by Crippen LogP contribution is 2.11. The second kappa shape index (κ2) is 4.82. The standard InChI is InChI=1S/C10H16N2O/c1-2-9(6-7-11)12-8-4-3-5-10(12)13/h3-5,8-9H,2,6-7,11H2,1H3. The third-order valence-electron chi connectivity index (χ3n) is 2.22. The van der Waals surface area contributed by atoms with Crippen LogP contribution in [0.3, 0.4) is 0 Å². The van der Waals surface area contributed by atoms with Gasteiger partial charge in [0, 0.05) is 18.3 Å². The van der Waals surface area contributed by atoms with Gasteiger partial charge in [0.1, 0.15) is 0 Å². The van der Waals surface area contributed by atoms with Crippen LogP contribution in [-0.2, 0) is 0 Å². The summed E-state index contributed by atoms with van der Waals surface area (Å²) in [6.45, 7) is 2.69. The molecule has 0 aliphatic carbocycles. The Kier molecular flexibility index (Phi) is 3.71. The SMILES string of the molecule is CCC(CCN)n1ccccc1=O. The highest BCUT2D eigenvalue weighted by atomic mass is 16.1. The summed E-state index contributed by atoms with van der Waals surface area (Å²) in [5.74, 6) is 0. The van der Waals surface area contributed by atoms with Crippen molar-refractivity contribution in [3.8, 4) is 0 Å². The molecule has 0 amide bonds. The summed E-state index contributed by atoms with van der Waals surface area (Å²) in [4.78, 5) is 11.4. The first-order chi connectivity index (χ1) is 6.29. The van der Waals surface area contributed by atoms with Crippen LogP contribution in [0.15, 0.2) is 29.2 Å². The van der Waals surface area contributed by atoms with Crippen molar-refractivity contribution in [2.24, 2.45) is 5.73 Å². The van der Waals surface area contributed by atoms with Crippen LogP contribution in [0.2, 0.25) is 0 Å². The first-order valence-electron chi connectivity index (χ1n) is 4.66. The van der Waals surface area contributed by atoms with Crippen molar-refractivity contribution >= 4 is 0 Å². The fraction of sp³-hybridized carbons (Fsp3) is 0.500. The number of nitrogens with two attached hydrogens (primary N) is 1. The van der Waals surface area contributed by atoms with Gasteiger partial charge < -0.3 is 10.3 Å². The Bertz CT molecular complexity index is 306. The van der Waals surface area contributed by atoms with Crippen molar-refractivity contribution in [2.75, 3.05) is 6.54 Å². The molecule has 1 unspecified atom stereocenters. The lowest BCUT2D eigenvalue weighted by Crippen LogP contribution is -2.24. The van der Waals surface area contributed by atoms with Gasteiger partial charge in [0.15, 0.2) is 0 Å². The first-order valence-corrected chi connectivity index (χ1v) is 4.66. The van der Waals surface area contributed by atoms with Crippen LogP contribution in [0.4, 0.5) is 0 Å².